The van der Waals surface area contributed by atoms with E-state index in [4.69, 9.17) is 0 Å². The number of nitrogens with zero attached hydrogens (tertiary/aromatic N) is 2. The number of fused-ring (bicyclic) bond motifs is 1. The average Bonchev–Trinajstić information content (AvgIpc) is 2.61. The van der Waals surface area contributed by atoms with E-state index in [9.17, 15) is 10.2 Å². The highest BCUT2D eigenvalue weighted by molar-refractivity contribution is 5.84. The SMILES string of the molecule is CC(O)CCC/C=C/c1ncc2cc(-c3ccc(O)cc3)ccc2n1. The van der Waals surface area contributed by atoms with Gasteiger partial charge in [0.2, 0.25) is 0 Å². The molecule has 2 aromatic carbocycles. The predicted molar refractivity (Wildman–Crippen MR) is 101 cm³/mol. The van der Waals surface area contributed by atoms with Gasteiger partial charge in [0.15, 0.2) is 5.82 Å². The third-order valence-corrected chi connectivity index (χ3v) is 4.06. The first-order valence-electron chi connectivity index (χ1n) is 8.52. The van der Waals surface area contributed by atoms with Gasteiger partial charge in [-0.1, -0.05) is 24.3 Å². The van der Waals surface area contributed by atoms with Crippen LogP contribution in [-0.4, -0.2) is 26.3 Å². The number of phenolic OH excluding ortho intramolecular Hbond substituents is 1. The number of aliphatic hydroxyl groups is 1. The smallest absolute Gasteiger partial charge is 0.152 e. The summed E-state index contributed by atoms with van der Waals surface area (Å²) >= 11 is 0. The number of allylic oxidation sites excluding steroid dienone is 1. The van der Waals surface area contributed by atoms with Gasteiger partial charge < -0.3 is 10.2 Å². The Hall–Kier alpha value is -2.72. The second kappa shape index (κ2) is 7.90. The summed E-state index contributed by atoms with van der Waals surface area (Å²) < 4.78 is 0. The van der Waals surface area contributed by atoms with Crippen LogP contribution >= 0.6 is 0 Å². The Morgan fingerprint density at radius 2 is 1.84 bits per heavy atom. The molecule has 4 heteroatoms. The molecule has 0 aliphatic rings. The van der Waals surface area contributed by atoms with Crippen LogP contribution in [0.15, 0.2) is 54.7 Å². The number of unbranched alkanes of at least 4 members (excludes halogenated alkanes) is 1. The molecule has 0 saturated heterocycles. The van der Waals surface area contributed by atoms with Crippen LogP contribution in [0.4, 0.5) is 0 Å². The van der Waals surface area contributed by atoms with Gasteiger partial charge in [0.05, 0.1) is 11.6 Å². The van der Waals surface area contributed by atoms with Gasteiger partial charge in [-0.25, -0.2) is 9.97 Å². The molecule has 0 bridgehead atoms. The van der Waals surface area contributed by atoms with Gasteiger partial charge in [0.1, 0.15) is 5.75 Å². The van der Waals surface area contributed by atoms with Crippen molar-refractivity contribution in [2.75, 3.05) is 0 Å². The molecule has 0 saturated carbocycles. The van der Waals surface area contributed by atoms with Crippen molar-refractivity contribution in [2.45, 2.75) is 32.3 Å². The maximum atomic E-state index is 9.40. The highest BCUT2D eigenvalue weighted by Gasteiger charge is 2.02. The minimum absolute atomic E-state index is 0.243. The predicted octanol–water partition coefficient (Wildman–Crippen LogP) is 4.57. The summed E-state index contributed by atoms with van der Waals surface area (Å²) in [4.78, 5) is 8.97. The van der Waals surface area contributed by atoms with Crippen LogP contribution in [0.2, 0.25) is 0 Å². The summed E-state index contributed by atoms with van der Waals surface area (Å²) in [7, 11) is 0. The second-order valence-corrected chi connectivity index (χ2v) is 6.23. The lowest BCUT2D eigenvalue weighted by Crippen LogP contribution is -1.97. The van der Waals surface area contributed by atoms with Crippen molar-refractivity contribution in [3.05, 3.63) is 60.6 Å². The van der Waals surface area contributed by atoms with Crippen LogP contribution in [0.5, 0.6) is 5.75 Å². The number of hydrogen-bond acceptors (Lipinski definition) is 4. The van der Waals surface area contributed by atoms with E-state index in [1.807, 2.05) is 49.5 Å². The van der Waals surface area contributed by atoms with Gasteiger partial charge in [0, 0.05) is 11.6 Å². The van der Waals surface area contributed by atoms with Crippen LogP contribution in [0, 0.1) is 0 Å². The van der Waals surface area contributed by atoms with E-state index in [1.165, 1.54) is 0 Å². The fourth-order valence-electron chi connectivity index (χ4n) is 2.68. The molecule has 0 aliphatic heterocycles. The molecule has 25 heavy (non-hydrogen) atoms. The number of aromatic nitrogens is 2. The summed E-state index contributed by atoms with van der Waals surface area (Å²) in [5.41, 5.74) is 3.01. The molecule has 0 aliphatic carbocycles. The van der Waals surface area contributed by atoms with Gasteiger partial charge in [-0.15, -0.1) is 0 Å². The highest BCUT2D eigenvalue weighted by atomic mass is 16.3. The topological polar surface area (TPSA) is 66.2 Å². The van der Waals surface area contributed by atoms with E-state index in [1.54, 1.807) is 12.1 Å². The fraction of sp³-hybridized carbons (Fsp3) is 0.238. The zero-order chi connectivity index (χ0) is 17.6. The van der Waals surface area contributed by atoms with E-state index in [0.29, 0.717) is 5.82 Å². The first kappa shape index (κ1) is 17.1. The zero-order valence-electron chi connectivity index (χ0n) is 14.3. The average molecular weight is 334 g/mol. The Balaban J connectivity index is 1.74. The minimum Gasteiger partial charge on any atom is -0.508 e. The first-order valence-corrected chi connectivity index (χ1v) is 8.52. The van der Waals surface area contributed by atoms with Crippen molar-refractivity contribution in [1.29, 1.82) is 0 Å². The quantitative estimate of drug-likeness (QED) is 0.648. The Kier molecular flexibility index (Phi) is 5.41. The standard InChI is InChI=1S/C21H22N2O2/c1-15(24)5-3-2-4-6-21-22-14-18-13-17(9-12-20(18)23-21)16-7-10-19(25)11-8-16/h4,6-15,24-25H,2-3,5H2,1H3/b6-4+. The molecular weight excluding hydrogens is 312 g/mol. The van der Waals surface area contributed by atoms with Gasteiger partial charge >= 0.3 is 0 Å². The molecule has 3 rings (SSSR count). The third-order valence-electron chi connectivity index (χ3n) is 4.06. The van der Waals surface area contributed by atoms with Crippen molar-refractivity contribution in [3.8, 4) is 16.9 Å². The van der Waals surface area contributed by atoms with E-state index in [0.717, 1.165) is 41.3 Å². The number of phenols is 1. The van der Waals surface area contributed by atoms with Crippen molar-refractivity contribution in [2.24, 2.45) is 0 Å². The lowest BCUT2D eigenvalue weighted by atomic mass is 10.0. The van der Waals surface area contributed by atoms with Crippen LogP contribution in [-0.2, 0) is 0 Å². The van der Waals surface area contributed by atoms with E-state index in [-0.39, 0.29) is 11.9 Å². The van der Waals surface area contributed by atoms with Crippen LogP contribution in [0.1, 0.15) is 32.0 Å². The van der Waals surface area contributed by atoms with Gasteiger partial charge in [-0.2, -0.15) is 0 Å². The molecule has 0 amide bonds. The molecule has 1 atom stereocenters. The van der Waals surface area contributed by atoms with E-state index >= 15 is 0 Å². The Labute approximate surface area is 147 Å². The van der Waals surface area contributed by atoms with Gasteiger partial charge in [-0.3, -0.25) is 0 Å². The van der Waals surface area contributed by atoms with E-state index < -0.39 is 0 Å². The molecule has 128 valence electrons. The normalized spacial score (nSPS) is 12.7. The van der Waals surface area contributed by atoms with Crippen molar-refractivity contribution < 1.29 is 10.2 Å². The summed E-state index contributed by atoms with van der Waals surface area (Å²) in [5.74, 6) is 0.958. The van der Waals surface area contributed by atoms with Crippen molar-refractivity contribution in [3.63, 3.8) is 0 Å². The summed E-state index contributed by atoms with van der Waals surface area (Å²) in [5, 5.41) is 19.6. The Morgan fingerprint density at radius 1 is 1.08 bits per heavy atom. The number of rotatable bonds is 6. The fourth-order valence-corrected chi connectivity index (χ4v) is 2.68. The Bertz CT molecular complexity index is 871. The molecule has 2 N–H and O–H groups in total. The third kappa shape index (κ3) is 4.64. The molecule has 1 unspecified atom stereocenters. The van der Waals surface area contributed by atoms with Crippen molar-refractivity contribution in [1.82, 2.24) is 9.97 Å². The second-order valence-electron chi connectivity index (χ2n) is 6.23. The van der Waals surface area contributed by atoms with E-state index in [2.05, 4.69) is 16.0 Å². The Morgan fingerprint density at radius 3 is 2.60 bits per heavy atom. The zero-order valence-corrected chi connectivity index (χ0v) is 14.3. The molecule has 3 aromatic rings. The molecule has 1 aromatic heterocycles. The maximum absolute atomic E-state index is 9.40. The molecule has 0 fully saturated rings. The largest absolute Gasteiger partial charge is 0.508 e. The highest BCUT2D eigenvalue weighted by Crippen LogP contribution is 2.25. The first-order chi connectivity index (χ1) is 12.1. The number of aromatic hydroxyl groups is 1. The van der Waals surface area contributed by atoms with Crippen LogP contribution < -0.4 is 0 Å². The molecule has 1 heterocycles. The maximum Gasteiger partial charge on any atom is 0.152 e. The summed E-state index contributed by atoms with van der Waals surface area (Å²) in [6, 6.07) is 13.2. The van der Waals surface area contributed by atoms with Crippen molar-refractivity contribution >= 4 is 17.0 Å². The number of aliphatic hydroxyl groups excluding tert-OH is 1. The monoisotopic (exact) mass is 334 g/mol. The minimum atomic E-state index is -0.243. The van der Waals surface area contributed by atoms with Gasteiger partial charge in [0.25, 0.3) is 0 Å². The molecule has 0 radical (unpaired) electrons. The van der Waals surface area contributed by atoms with Crippen LogP contribution in [0.25, 0.3) is 28.1 Å². The lowest BCUT2D eigenvalue weighted by Gasteiger charge is -2.04. The molecular formula is C21H22N2O2. The number of benzene rings is 2. The van der Waals surface area contributed by atoms with Gasteiger partial charge in [-0.05, 0) is 67.7 Å². The van der Waals surface area contributed by atoms with Crippen LogP contribution in [0.3, 0.4) is 0 Å². The number of hydrogen-bond donors (Lipinski definition) is 2. The molecule has 0 spiro atoms. The summed E-state index contributed by atoms with van der Waals surface area (Å²) in [6.45, 7) is 1.81. The molecule has 4 nitrogen and oxygen atoms in total. The lowest BCUT2D eigenvalue weighted by molar-refractivity contribution is 0.182. The summed E-state index contributed by atoms with van der Waals surface area (Å²) in [6.07, 6.45) is 8.24.